The van der Waals surface area contributed by atoms with Crippen LogP contribution in [0.25, 0.3) is 11.3 Å². The third-order valence-corrected chi connectivity index (χ3v) is 3.93. The van der Waals surface area contributed by atoms with E-state index >= 15 is 0 Å². The lowest BCUT2D eigenvalue weighted by Gasteiger charge is -2.14. The summed E-state index contributed by atoms with van der Waals surface area (Å²) < 4.78 is 5.80. The van der Waals surface area contributed by atoms with E-state index in [1.54, 1.807) is 30.6 Å². The van der Waals surface area contributed by atoms with Gasteiger partial charge in [-0.2, -0.15) is 5.26 Å². The molecule has 0 fully saturated rings. The molecule has 0 atom stereocenters. The number of aromatic nitrogens is 2. The molecule has 0 aliphatic heterocycles. The van der Waals surface area contributed by atoms with Gasteiger partial charge in [-0.3, -0.25) is 4.98 Å². The van der Waals surface area contributed by atoms with Crippen LogP contribution in [0, 0.1) is 11.3 Å². The van der Waals surface area contributed by atoms with Crippen LogP contribution in [0.2, 0.25) is 0 Å². The first-order valence-corrected chi connectivity index (χ1v) is 8.37. The van der Waals surface area contributed by atoms with E-state index in [0.717, 1.165) is 22.1 Å². The van der Waals surface area contributed by atoms with Gasteiger partial charge in [0.2, 0.25) is 0 Å². The van der Waals surface area contributed by atoms with Crippen molar-refractivity contribution in [3.8, 4) is 23.1 Å². The molecule has 0 saturated heterocycles. The number of thiazole rings is 1. The van der Waals surface area contributed by atoms with E-state index in [4.69, 9.17) is 10.00 Å². The van der Waals surface area contributed by atoms with E-state index in [1.165, 1.54) is 11.3 Å². The van der Waals surface area contributed by atoms with Crippen LogP contribution >= 0.6 is 28.3 Å². The number of hydrogen-bond acceptors (Lipinski definition) is 6. The largest absolute Gasteiger partial charge is 0.489 e. The van der Waals surface area contributed by atoms with Crippen molar-refractivity contribution in [1.82, 2.24) is 9.97 Å². The average Bonchev–Trinajstić information content (AvgIpc) is 3.05. The van der Waals surface area contributed by atoms with E-state index in [0.29, 0.717) is 11.3 Å². The van der Waals surface area contributed by atoms with Crippen molar-refractivity contribution in [1.29, 1.82) is 5.26 Å². The second-order valence-electron chi connectivity index (χ2n) is 5.39. The summed E-state index contributed by atoms with van der Waals surface area (Å²) in [5.41, 5.74) is 3.12. The maximum Gasteiger partial charge on any atom is 0.187 e. The molecule has 3 aromatic rings. The van der Waals surface area contributed by atoms with E-state index in [1.807, 2.05) is 31.4 Å². The molecule has 0 spiro atoms. The molecule has 1 N–H and O–H groups in total. The highest BCUT2D eigenvalue weighted by Gasteiger charge is 2.10. The first-order chi connectivity index (χ1) is 11.7. The molecule has 1 aromatic carbocycles. The average molecular weight is 417 g/mol. The SMILES string of the molecule is Br.CC(C)Oc1ccc(C#N)cc1Nc1nc(-c2cccnc2)cs1. The first-order valence-electron chi connectivity index (χ1n) is 7.49. The zero-order valence-corrected chi connectivity index (χ0v) is 16.3. The molecule has 0 saturated carbocycles. The monoisotopic (exact) mass is 416 g/mol. The molecule has 0 aliphatic rings. The van der Waals surface area contributed by atoms with E-state index < -0.39 is 0 Å². The Morgan fingerprint density at radius 1 is 1.28 bits per heavy atom. The number of nitrogens with zero attached hydrogens (tertiary/aromatic N) is 3. The van der Waals surface area contributed by atoms with Crippen LogP contribution in [0.1, 0.15) is 19.4 Å². The van der Waals surface area contributed by atoms with Crippen molar-refractivity contribution in [2.45, 2.75) is 20.0 Å². The number of hydrogen-bond donors (Lipinski definition) is 1. The van der Waals surface area contributed by atoms with E-state index in [-0.39, 0.29) is 23.1 Å². The lowest BCUT2D eigenvalue weighted by atomic mass is 10.2. The van der Waals surface area contributed by atoms with Crippen molar-refractivity contribution in [2.75, 3.05) is 5.32 Å². The fourth-order valence-electron chi connectivity index (χ4n) is 2.15. The number of anilines is 2. The number of ether oxygens (including phenoxy) is 1. The lowest BCUT2D eigenvalue weighted by molar-refractivity contribution is 0.244. The summed E-state index contributed by atoms with van der Waals surface area (Å²) in [7, 11) is 0. The Labute approximate surface area is 161 Å². The van der Waals surface area contributed by atoms with Crippen molar-refractivity contribution in [2.24, 2.45) is 0 Å². The Hall–Kier alpha value is -2.43. The zero-order valence-electron chi connectivity index (χ0n) is 13.8. The van der Waals surface area contributed by atoms with Gasteiger partial charge in [0.05, 0.1) is 29.1 Å². The molecule has 0 radical (unpaired) electrons. The predicted octanol–water partition coefficient (Wildman–Crippen LogP) is 5.19. The number of halogens is 1. The minimum absolute atomic E-state index is 0. The van der Waals surface area contributed by atoms with Crippen LogP contribution < -0.4 is 10.1 Å². The minimum atomic E-state index is 0. The van der Waals surface area contributed by atoms with Crippen LogP contribution in [0.4, 0.5) is 10.8 Å². The summed E-state index contributed by atoms with van der Waals surface area (Å²) in [4.78, 5) is 8.69. The normalized spacial score (nSPS) is 10.0. The standard InChI is InChI=1S/C18H16N4OS.BrH/c1-12(2)23-17-6-5-13(9-19)8-15(17)21-18-22-16(11-24-18)14-4-3-7-20-10-14;/h3-8,10-12H,1-2H3,(H,21,22);1H. The minimum Gasteiger partial charge on any atom is -0.489 e. The summed E-state index contributed by atoms with van der Waals surface area (Å²) in [6.07, 6.45) is 3.56. The summed E-state index contributed by atoms with van der Waals surface area (Å²) in [6, 6.07) is 11.3. The van der Waals surface area contributed by atoms with Crippen LogP contribution in [0.3, 0.4) is 0 Å². The third kappa shape index (κ3) is 4.78. The van der Waals surface area contributed by atoms with Gasteiger partial charge in [0, 0.05) is 23.3 Å². The molecule has 7 heteroatoms. The Morgan fingerprint density at radius 2 is 2.12 bits per heavy atom. The summed E-state index contributed by atoms with van der Waals surface area (Å²) >= 11 is 1.49. The summed E-state index contributed by atoms with van der Waals surface area (Å²) in [5.74, 6) is 0.696. The molecule has 0 bridgehead atoms. The predicted molar refractivity (Wildman–Crippen MR) is 106 cm³/mol. The van der Waals surface area contributed by atoms with Gasteiger partial charge in [-0.05, 0) is 44.2 Å². The molecule has 3 rings (SSSR count). The second kappa shape index (κ2) is 8.60. The molecule has 0 aliphatic carbocycles. The van der Waals surface area contributed by atoms with Crippen LogP contribution in [-0.2, 0) is 0 Å². The Morgan fingerprint density at radius 3 is 2.80 bits per heavy atom. The Bertz CT molecular complexity index is 874. The van der Waals surface area contributed by atoms with Crippen molar-refractivity contribution in [3.05, 3.63) is 53.7 Å². The van der Waals surface area contributed by atoms with E-state index in [9.17, 15) is 0 Å². The van der Waals surface area contributed by atoms with Gasteiger partial charge >= 0.3 is 0 Å². The molecular formula is C18H17BrN4OS. The van der Waals surface area contributed by atoms with Crippen LogP contribution in [0.15, 0.2) is 48.1 Å². The van der Waals surface area contributed by atoms with Gasteiger partial charge in [-0.15, -0.1) is 28.3 Å². The number of nitriles is 1. The first kappa shape index (κ1) is 18.9. The highest BCUT2D eigenvalue weighted by Crippen LogP contribution is 2.32. The number of benzene rings is 1. The van der Waals surface area contributed by atoms with Gasteiger partial charge in [-0.25, -0.2) is 4.98 Å². The topological polar surface area (TPSA) is 70.8 Å². The van der Waals surface area contributed by atoms with Gasteiger partial charge in [0.25, 0.3) is 0 Å². The fourth-order valence-corrected chi connectivity index (χ4v) is 2.88. The number of pyridine rings is 1. The lowest BCUT2D eigenvalue weighted by Crippen LogP contribution is -2.07. The molecule has 128 valence electrons. The number of nitrogens with one attached hydrogen (secondary N) is 1. The summed E-state index contributed by atoms with van der Waals surface area (Å²) in [5, 5.41) is 15.1. The second-order valence-corrected chi connectivity index (χ2v) is 6.25. The van der Waals surface area contributed by atoms with Crippen LogP contribution in [0.5, 0.6) is 5.75 Å². The van der Waals surface area contributed by atoms with E-state index in [2.05, 4.69) is 21.4 Å². The molecule has 0 amide bonds. The van der Waals surface area contributed by atoms with Crippen molar-refractivity contribution in [3.63, 3.8) is 0 Å². The maximum atomic E-state index is 9.12. The van der Waals surface area contributed by atoms with Gasteiger partial charge < -0.3 is 10.1 Å². The molecular weight excluding hydrogens is 400 g/mol. The van der Waals surface area contributed by atoms with Gasteiger partial charge in [0.15, 0.2) is 5.13 Å². The molecule has 2 heterocycles. The highest BCUT2D eigenvalue weighted by molar-refractivity contribution is 8.93. The number of rotatable bonds is 5. The summed E-state index contributed by atoms with van der Waals surface area (Å²) in [6.45, 7) is 3.93. The molecule has 0 unspecified atom stereocenters. The third-order valence-electron chi connectivity index (χ3n) is 3.17. The Kier molecular flexibility index (Phi) is 6.51. The molecule has 25 heavy (non-hydrogen) atoms. The molecule has 5 nitrogen and oxygen atoms in total. The maximum absolute atomic E-state index is 9.12. The molecule has 2 aromatic heterocycles. The van der Waals surface area contributed by atoms with Crippen molar-refractivity contribution >= 4 is 39.1 Å². The zero-order chi connectivity index (χ0) is 16.9. The fraction of sp³-hybridized carbons (Fsp3) is 0.167. The van der Waals surface area contributed by atoms with Crippen molar-refractivity contribution < 1.29 is 4.74 Å². The van der Waals surface area contributed by atoms with Crippen LogP contribution in [-0.4, -0.2) is 16.1 Å². The highest BCUT2D eigenvalue weighted by atomic mass is 79.9. The Balaban J connectivity index is 0.00000225. The smallest absolute Gasteiger partial charge is 0.187 e. The van der Waals surface area contributed by atoms with Gasteiger partial charge in [-0.1, -0.05) is 0 Å². The van der Waals surface area contributed by atoms with Gasteiger partial charge in [0.1, 0.15) is 5.75 Å². The quantitative estimate of drug-likeness (QED) is 0.619.